The Morgan fingerprint density at radius 1 is 1.31 bits per heavy atom. The number of hydrogen-bond donors (Lipinski definition) is 0. The number of halogens is 1. The van der Waals surface area contributed by atoms with Crippen molar-refractivity contribution in [2.75, 3.05) is 31.2 Å². The highest BCUT2D eigenvalue weighted by Crippen LogP contribution is 2.23. The minimum absolute atomic E-state index is 0.129. The Labute approximate surface area is 94.0 Å². The summed E-state index contributed by atoms with van der Waals surface area (Å²) >= 11 is 0. The third-order valence-electron chi connectivity index (χ3n) is 2.67. The molecule has 0 amide bonds. The van der Waals surface area contributed by atoms with Crippen LogP contribution in [0.25, 0.3) is 0 Å². The highest BCUT2D eigenvalue weighted by Gasteiger charge is 2.15. The molecule has 4 heteroatoms. The van der Waals surface area contributed by atoms with Crippen molar-refractivity contribution >= 4 is 5.69 Å². The highest BCUT2D eigenvalue weighted by molar-refractivity contribution is 5.59. The second-order valence-corrected chi connectivity index (χ2v) is 3.70. The third kappa shape index (κ3) is 2.15. The summed E-state index contributed by atoms with van der Waals surface area (Å²) in [5, 5.41) is 8.95. The van der Waals surface area contributed by atoms with Gasteiger partial charge in [-0.05, 0) is 18.6 Å². The van der Waals surface area contributed by atoms with Crippen LogP contribution in [0.4, 0.5) is 10.1 Å². The molecule has 0 aliphatic carbocycles. The molecule has 1 aliphatic rings. The summed E-state index contributed by atoms with van der Waals surface area (Å²) in [4.78, 5) is 2.01. The molecule has 0 saturated carbocycles. The number of rotatable bonds is 1. The van der Waals surface area contributed by atoms with E-state index < -0.39 is 5.82 Å². The van der Waals surface area contributed by atoms with E-state index in [1.54, 1.807) is 12.1 Å². The third-order valence-corrected chi connectivity index (χ3v) is 2.67. The molecule has 0 atom stereocenters. The summed E-state index contributed by atoms with van der Waals surface area (Å²) in [6, 6.07) is 6.66. The molecular weight excluding hydrogens is 207 g/mol. The maximum absolute atomic E-state index is 13.4. The van der Waals surface area contributed by atoms with Gasteiger partial charge in [-0.15, -0.1) is 0 Å². The van der Waals surface area contributed by atoms with Crippen molar-refractivity contribution in [1.82, 2.24) is 0 Å². The van der Waals surface area contributed by atoms with E-state index >= 15 is 0 Å². The maximum atomic E-state index is 13.4. The van der Waals surface area contributed by atoms with Crippen LogP contribution in [-0.4, -0.2) is 26.3 Å². The number of hydrogen-bond acceptors (Lipinski definition) is 3. The molecule has 1 heterocycles. The Hall–Kier alpha value is -1.60. The van der Waals surface area contributed by atoms with Crippen LogP contribution in [0.1, 0.15) is 12.0 Å². The van der Waals surface area contributed by atoms with Gasteiger partial charge < -0.3 is 9.64 Å². The number of nitrogens with zero attached hydrogens (tertiary/aromatic N) is 2. The van der Waals surface area contributed by atoms with Crippen LogP contribution in [0.2, 0.25) is 0 Å². The lowest BCUT2D eigenvalue weighted by Gasteiger charge is -2.22. The molecule has 0 spiro atoms. The molecule has 84 valence electrons. The van der Waals surface area contributed by atoms with Crippen molar-refractivity contribution in [2.24, 2.45) is 0 Å². The number of benzene rings is 1. The van der Waals surface area contributed by atoms with Gasteiger partial charge in [0.05, 0.1) is 12.3 Å². The minimum atomic E-state index is -0.454. The lowest BCUT2D eigenvalue weighted by molar-refractivity contribution is 0.152. The number of nitriles is 1. The van der Waals surface area contributed by atoms with Crippen LogP contribution in [0.15, 0.2) is 18.2 Å². The lowest BCUT2D eigenvalue weighted by Crippen LogP contribution is -2.26. The van der Waals surface area contributed by atoms with Gasteiger partial charge in [-0.3, -0.25) is 0 Å². The predicted molar refractivity (Wildman–Crippen MR) is 58.8 cm³/mol. The van der Waals surface area contributed by atoms with E-state index in [0.29, 0.717) is 18.8 Å². The summed E-state index contributed by atoms with van der Waals surface area (Å²) in [5.41, 5.74) is 0.803. The van der Waals surface area contributed by atoms with Crippen molar-refractivity contribution in [3.8, 4) is 6.07 Å². The van der Waals surface area contributed by atoms with Gasteiger partial charge >= 0.3 is 0 Å². The van der Waals surface area contributed by atoms with Crippen molar-refractivity contribution in [3.05, 3.63) is 29.6 Å². The Morgan fingerprint density at radius 3 is 3.00 bits per heavy atom. The maximum Gasteiger partial charge on any atom is 0.143 e. The van der Waals surface area contributed by atoms with Gasteiger partial charge in [0.15, 0.2) is 0 Å². The second kappa shape index (κ2) is 4.95. The zero-order chi connectivity index (χ0) is 11.4. The Kier molecular flexibility index (Phi) is 3.37. The average Bonchev–Trinajstić information content (AvgIpc) is 2.57. The van der Waals surface area contributed by atoms with Crippen molar-refractivity contribution < 1.29 is 9.13 Å². The van der Waals surface area contributed by atoms with Crippen LogP contribution >= 0.6 is 0 Å². The Balaban J connectivity index is 2.31. The summed E-state index contributed by atoms with van der Waals surface area (Å²) in [7, 11) is 0. The minimum Gasteiger partial charge on any atom is -0.380 e. The first-order valence-corrected chi connectivity index (χ1v) is 5.34. The molecule has 1 saturated heterocycles. The molecule has 1 aliphatic heterocycles. The van der Waals surface area contributed by atoms with Gasteiger partial charge in [0, 0.05) is 19.7 Å². The molecule has 1 fully saturated rings. The Bertz CT molecular complexity index is 406. The van der Waals surface area contributed by atoms with E-state index in [4.69, 9.17) is 10.00 Å². The fourth-order valence-electron chi connectivity index (χ4n) is 1.87. The quantitative estimate of drug-likeness (QED) is 0.725. The van der Waals surface area contributed by atoms with Gasteiger partial charge in [0.1, 0.15) is 17.4 Å². The zero-order valence-corrected chi connectivity index (χ0v) is 8.95. The fourth-order valence-corrected chi connectivity index (χ4v) is 1.87. The first-order chi connectivity index (χ1) is 7.83. The molecule has 3 nitrogen and oxygen atoms in total. The highest BCUT2D eigenvalue weighted by atomic mass is 19.1. The lowest BCUT2D eigenvalue weighted by atomic mass is 10.1. The van der Waals surface area contributed by atoms with E-state index in [1.807, 2.05) is 11.0 Å². The first kappa shape index (κ1) is 10.9. The van der Waals surface area contributed by atoms with Crippen molar-refractivity contribution in [1.29, 1.82) is 5.26 Å². The number of anilines is 1. The SMILES string of the molecule is N#Cc1c(F)cccc1N1CCCOCC1. The van der Waals surface area contributed by atoms with Gasteiger partial charge in [0.25, 0.3) is 0 Å². The number of ether oxygens (including phenoxy) is 1. The smallest absolute Gasteiger partial charge is 0.143 e. The normalized spacial score (nSPS) is 16.6. The summed E-state index contributed by atoms with van der Waals surface area (Å²) < 4.78 is 18.8. The molecule has 1 aromatic carbocycles. The van der Waals surface area contributed by atoms with E-state index in [9.17, 15) is 4.39 Å². The topological polar surface area (TPSA) is 36.3 Å². The van der Waals surface area contributed by atoms with Gasteiger partial charge in [-0.2, -0.15) is 5.26 Å². The van der Waals surface area contributed by atoms with Crippen LogP contribution in [0, 0.1) is 17.1 Å². The summed E-state index contributed by atoms with van der Waals surface area (Å²) in [6.45, 7) is 2.87. The van der Waals surface area contributed by atoms with Gasteiger partial charge in [-0.1, -0.05) is 6.07 Å². The summed E-state index contributed by atoms with van der Waals surface area (Å²) in [5.74, 6) is -0.454. The molecule has 2 rings (SSSR count). The van der Waals surface area contributed by atoms with Crippen LogP contribution < -0.4 is 4.90 Å². The monoisotopic (exact) mass is 220 g/mol. The first-order valence-electron chi connectivity index (χ1n) is 5.34. The molecule has 0 aromatic heterocycles. The molecule has 1 aromatic rings. The van der Waals surface area contributed by atoms with E-state index in [-0.39, 0.29) is 5.56 Å². The van der Waals surface area contributed by atoms with E-state index in [2.05, 4.69) is 0 Å². The second-order valence-electron chi connectivity index (χ2n) is 3.70. The fraction of sp³-hybridized carbons (Fsp3) is 0.417. The van der Waals surface area contributed by atoms with Crippen molar-refractivity contribution in [3.63, 3.8) is 0 Å². The van der Waals surface area contributed by atoms with Crippen LogP contribution in [-0.2, 0) is 4.74 Å². The van der Waals surface area contributed by atoms with E-state index in [1.165, 1.54) is 6.07 Å². The Morgan fingerprint density at radius 2 is 2.19 bits per heavy atom. The average molecular weight is 220 g/mol. The van der Waals surface area contributed by atoms with Crippen molar-refractivity contribution in [2.45, 2.75) is 6.42 Å². The van der Waals surface area contributed by atoms with E-state index in [0.717, 1.165) is 19.6 Å². The largest absolute Gasteiger partial charge is 0.380 e. The standard InChI is InChI=1S/C12H13FN2O/c13-11-3-1-4-12(10(11)9-14)15-5-2-7-16-8-6-15/h1,3-4H,2,5-8H2. The summed E-state index contributed by atoms with van der Waals surface area (Å²) in [6.07, 6.45) is 0.904. The predicted octanol–water partition coefficient (Wildman–Crippen LogP) is 1.92. The molecular formula is C12H13FN2O. The van der Waals surface area contributed by atoms with Gasteiger partial charge in [0.2, 0.25) is 0 Å². The zero-order valence-electron chi connectivity index (χ0n) is 8.95. The molecule has 0 bridgehead atoms. The van der Waals surface area contributed by atoms with Gasteiger partial charge in [-0.25, -0.2) is 4.39 Å². The molecule has 0 N–H and O–H groups in total. The van der Waals surface area contributed by atoms with Crippen LogP contribution in [0.5, 0.6) is 0 Å². The molecule has 16 heavy (non-hydrogen) atoms. The molecule has 0 unspecified atom stereocenters. The van der Waals surface area contributed by atoms with Crippen LogP contribution in [0.3, 0.4) is 0 Å². The molecule has 0 radical (unpaired) electrons.